The summed E-state index contributed by atoms with van der Waals surface area (Å²) in [5, 5.41) is 6.17. The first kappa shape index (κ1) is 19.6. The Hall–Kier alpha value is -2.12. The fourth-order valence-electron chi connectivity index (χ4n) is 3.72. The number of benzene rings is 1. The molecule has 2 fully saturated rings. The molecule has 2 aliphatic heterocycles. The minimum atomic E-state index is -0.00370. The number of nitrogens with one attached hydrogen (secondary N) is 2. The summed E-state index contributed by atoms with van der Waals surface area (Å²) in [6.07, 6.45) is 1.97. The maximum Gasteiger partial charge on any atom is 0.239 e. The van der Waals surface area contributed by atoms with Crippen LogP contribution >= 0.6 is 0 Å². The van der Waals surface area contributed by atoms with E-state index in [0.29, 0.717) is 12.6 Å². The number of morpholine rings is 1. The predicted octanol–water partition coefficient (Wildman–Crippen LogP) is 0.327. The molecule has 0 spiro atoms. The number of ether oxygens (including phenoxy) is 1. The number of carbonyl (C=O) groups is 1. The van der Waals surface area contributed by atoms with Crippen molar-refractivity contribution >= 4 is 11.9 Å². The summed E-state index contributed by atoms with van der Waals surface area (Å²) in [4.78, 5) is 21.2. The summed E-state index contributed by atoms with van der Waals surface area (Å²) >= 11 is 0. The van der Waals surface area contributed by atoms with Gasteiger partial charge < -0.3 is 20.3 Å². The molecule has 27 heavy (non-hydrogen) atoms. The molecule has 7 nitrogen and oxygen atoms in total. The third kappa shape index (κ3) is 5.94. The van der Waals surface area contributed by atoms with Crippen LogP contribution in [-0.2, 0) is 16.0 Å². The topological polar surface area (TPSA) is 69.2 Å². The normalized spacial score (nSPS) is 21.3. The van der Waals surface area contributed by atoms with Crippen molar-refractivity contribution in [1.82, 2.24) is 20.4 Å². The van der Waals surface area contributed by atoms with E-state index in [1.54, 1.807) is 7.05 Å². The number of rotatable bonds is 6. The molecule has 1 atom stereocenters. The lowest BCUT2D eigenvalue weighted by atomic mass is 10.1. The molecule has 2 saturated heterocycles. The van der Waals surface area contributed by atoms with Crippen LogP contribution in [0.25, 0.3) is 0 Å². The Morgan fingerprint density at radius 3 is 2.70 bits per heavy atom. The Balaban J connectivity index is 1.36. The van der Waals surface area contributed by atoms with Crippen molar-refractivity contribution in [3.05, 3.63) is 35.9 Å². The maximum absolute atomic E-state index is 12.1. The van der Waals surface area contributed by atoms with Gasteiger partial charge in [0.1, 0.15) is 0 Å². The molecule has 1 unspecified atom stereocenters. The van der Waals surface area contributed by atoms with Gasteiger partial charge in [-0.2, -0.15) is 0 Å². The first-order valence-electron chi connectivity index (χ1n) is 9.84. The number of aliphatic imine (C=N–C) groups is 1. The summed E-state index contributed by atoms with van der Waals surface area (Å²) in [6.45, 7) is 6.49. The zero-order chi connectivity index (χ0) is 18.9. The Morgan fingerprint density at radius 1 is 1.19 bits per heavy atom. The van der Waals surface area contributed by atoms with E-state index in [1.165, 1.54) is 5.56 Å². The van der Waals surface area contributed by atoms with Gasteiger partial charge >= 0.3 is 0 Å². The van der Waals surface area contributed by atoms with E-state index in [1.807, 2.05) is 18.2 Å². The number of hydrogen-bond acceptors (Lipinski definition) is 4. The summed E-state index contributed by atoms with van der Waals surface area (Å²) in [7, 11) is 1.78. The molecule has 0 saturated carbocycles. The van der Waals surface area contributed by atoms with Gasteiger partial charge in [-0.1, -0.05) is 30.3 Å². The highest BCUT2D eigenvalue weighted by atomic mass is 16.5. The van der Waals surface area contributed by atoms with Gasteiger partial charge in [0.2, 0.25) is 5.91 Å². The first-order valence-corrected chi connectivity index (χ1v) is 9.84. The standard InChI is InChI=1S/C20H31N5O2/c1-21-20(25-10-8-18(16-25)24-11-13-27-14-12-24)23-15-19(26)22-9-7-17-5-3-2-4-6-17/h2-6,18H,7-16H2,1H3,(H,21,23)(H,22,26). The van der Waals surface area contributed by atoms with Gasteiger partial charge in [-0.3, -0.25) is 14.7 Å². The zero-order valence-electron chi connectivity index (χ0n) is 16.2. The number of nitrogens with zero attached hydrogens (tertiary/aromatic N) is 3. The average Bonchev–Trinajstić information content (AvgIpc) is 3.20. The summed E-state index contributed by atoms with van der Waals surface area (Å²) in [5.74, 6) is 0.806. The second-order valence-electron chi connectivity index (χ2n) is 7.02. The quantitative estimate of drug-likeness (QED) is 0.556. The van der Waals surface area contributed by atoms with Crippen LogP contribution in [0.4, 0.5) is 0 Å². The van der Waals surface area contributed by atoms with Gasteiger partial charge in [0.25, 0.3) is 0 Å². The molecule has 2 heterocycles. The third-order valence-corrected chi connectivity index (χ3v) is 5.22. The minimum absolute atomic E-state index is 0.00370. The average molecular weight is 374 g/mol. The highest BCUT2D eigenvalue weighted by molar-refractivity contribution is 5.86. The molecule has 1 amide bonds. The maximum atomic E-state index is 12.1. The van der Waals surface area contributed by atoms with Crippen molar-refractivity contribution in [2.24, 2.45) is 4.99 Å². The molecule has 0 aromatic heterocycles. The number of carbonyl (C=O) groups excluding carboxylic acids is 1. The molecule has 1 aromatic rings. The van der Waals surface area contributed by atoms with Crippen LogP contribution in [0.5, 0.6) is 0 Å². The van der Waals surface area contributed by atoms with Gasteiger partial charge in [0.05, 0.1) is 19.8 Å². The SMILES string of the molecule is CN=C(NCC(=O)NCCc1ccccc1)N1CCC(N2CCOCC2)C1. The zero-order valence-corrected chi connectivity index (χ0v) is 16.2. The molecule has 0 aliphatic carbocycles. The van der Waals surface area contributed by atoms with E-state index < -0.39 is 0 Å². The lowest BCUT2D eigenvalue weighted by molar-refractivity contribution is -0.120. The van der Waals surface area contributed by atoms with E-state index in [9.17, 15) is 4.79 Å². The largest absolute Gasteiger partial charge is 0.379 e. The molecule has 7 heteroatoms. The smallest absolute Gasteiger partial charge is 0.239 e. The Bertz CT molecular complexity index is 616. The fourth-order valence-corrected chi connectivity index (χ4v) is 3.72. The van der Waals surface area contributed by atoms with Crippen LogP contribution in [0.3, 0.4) is 0 Å². The lowest BCUT2D eigenvalue weighted by Gasteiger charge is -2.32. The van der Waals surface area contributed by atoms with Crippen molar-refractivity contribution in [2.75, 3.05) is 59.5 Å². The molecule has 148 valence electrons. The monoisotopic (exact) mass is 373 g/mol. The number of hydrogen-bond donors (Lipinski definition) is 2. The highest BCUT2D eigenvalue weighted by Crippen LogP contribution is 2.16. The molecule has 0 bridgehead atoms. The Morgan fingerprint density at radius 2 is 1.96 bits per heavy atom. The van der Waals surface area contributed by atoms with Crippen molar-refractivity contribution in [3.8, 4) is 0 Å². The lowest BCUT2D eigenvalue weighted by Crippen LogP contribution is -2.48. The molecule has 3 rings (SSSR count). The van der Waals surface area contributed by atoms with Crippen molar-refractivity contribution in [3.63, 3.8) is 0 Å². The molecule has 1 aromatic carbocycles. The van der Waals surface area contributed by atoms with Crippen LogP contribution in [0.1, 0.15) is 12.0 Å². The fraction of sp³-hybridized carbons (Fsp3) is 0.600. The van der Waals surface area contributed by atoms with Crippen LogP contribution in [0, 0.1) is 0 Å². The van der Waals surface area contributed by atoms with Gasteiger partial charge in [0, 0.05) is 45.8 Å². The van der Waals surface area contributed by atoms with E-state index >= 15 is 0 Å². The second kappa shape index (κ2) is 10.3. The predicted molar refractivity (Wildman–Crippen MR) is 107 cm³/mol. The molecule has 2 N–H and O–H groups in total. The van der Waals surface area contributed by atoms with Crippen molar-refractivity contribution in [2.45, 2.75) is 18.9 Å². The Kier molecular flexibility index (Phi) is 7.47. The van der Waals surface area contributed by atoms with E-state index in [4.69, 9.17) is 4.74 Å². The molecule has 0 radical (unpaired) electrons. The molecular weight excluding hydrogens is 342 g/mol. The highest BCUT2D eigenvalue weighted by Gasteiger charge is 2.30. The molecular formula is C20H31N5O2. The summed E-state index contributed by atoms with van der Waals surface area (Å²) < 4.78 is 5.44. The summed E-state index contributed by atoms with van der Waals surface area (Å²) in [6, 6.07) is 10.7. The van der Waals surface area contributed by atoms with Crippen LogP contribution in [0.15, 0.2) is 35.3 Å². The van der Waals surface area contributed by atoms with Crippen LogP contribution < -0.4 is 10.6 Å². The first-order chi connectivity index (χ1) is 13.3. The van der Waals surface area contributed by atoms with Crippen molar-refractivity contribution in [1.29, 1.82) is 0 Å². The third-order valence-electron chi connectivity index (χ3n) is 5.22. The van der Waals surface area contributed by atoms with Crippen molar-refractivity contribution < 1.29 is 9.53 Å². The summed E-state index contributed by atoms with van der Waals surface area (Å²) in [5.41, 5.74) is 1.23. The van der Waals surface area contributed by atoms with E-state index in [2.05, 4.69) is 37.6 Å². The van der Waals surface area contributed by atoms with Gasteiger partial charge in [-0.25, -0.2) is 0 Å². The number of amides is 1. The van der Waals surface area contributed by atoms with E-state index in [-0.39, 0.29) is 12.5 Å². The van der Waals surface area contributed by atoms with Gasteiger partial charge in [-0.15, -0.1) is 0 Å². The minimum Gasteiger partial charge on any atom is -0.379 e. The Labute approximate surface area is 161 Å². The second-order valence-corrected chi connectivity index (χ2v) is 7.02. The van der Waals surface area contributed by atoms with Crippen LogP contribution in [0.2, 0.25) is 0 Å². The number of likely N-dealkylation sites (tertiary alicyclic amines) is 1. The number of guanidine groups is 1. The van der Waals surface area contributed by atoms with Crippen LogP contribution in [-0.4, -0.2) is 87.2 Å². The van der Waals surface area contributed by atoms with E-state index in [0.717, 1.165) is 58.2 Å². The van der Waals surface area contributed by atoms with Gasteiger partial charge in [0.15, 0.2) is 5.96 Å². The van der Waals surface area contributed by atoms with Gasteiger partial charge in [-0.05, 0) is 18.4 Å². The molecule has 2 aliphatic rings.